The van der Waals surface area contributed by atoms with Crippen LogP contribution in [0.5, 0.6) is 5.75 Å². The minimum Gasteiger partial charge on any atom is -0.434 e. The number of aliphatic hydroxyl groups excluding tert-OH is 1. The summed E-state index contributed by atoms with van der Waals surface area (Å²) in [5.74, 6) is 0.137. The molecule has 0 radical (unpaired) electrons. The number of nitrogens with two attached hydrogens (primary N) is 1. The molecule has 1 saturated carbocycles. The number of aliphatic hydroxyl groups is 1. The molecule has 0 amide bonds. The van der Waals surface area contributed by atoms with Crippen LogP contribution in [0.15, 0.2) is 38.5 Å². The van der Waals surface area contributed by atoms with Gasteiger partial charge in [-0.05, 0) is 41.9 Å². The lowest BCUT2D eigenvalue weighted by Crippen LogP contribution is -2.42. The lowest BCUT2D eigenvalue weighted by Gasteiger charge is -2.45. The predicted molar refractivity (Wildman–Crippen MR) is 117 cm³/mol. The Hall–Kier alpha value is -2.82. The first-order chi connectivity index (χ1) is 14.5. The van der Waals surface area contributed by atoms with Crippen molar-refractivity contribution in [2.75, 3.05) is 5.73 Å². The molecule has 12 heteroatoms. The van der Waals surface area contributed by atoms with Crippen LogP contribution in [0.3, 0.4) is 0 Å². The molecule has 2 aliphatic rings. The topological polar surface area (TPSA) is 148 Å². The molecule has 2 aromatic rings. The van der Waals surface area contributed by atoms with Crippen LogP contribution in [0.1, 0.15) is 26.7 Å². The number of hydrazone groups is 1. The van der Waals surface area contributed by atoms with Gasteiger partial charge in [-0.1, -0.05) is 37.0 Å². The zero-order valence-electron chi connectivity index (χ0n) is 16.6. The third kappa shape index (κ3) is 4.18. The summed E-state index contributed by atoms with van der Waals surface area (Å²) in [6.07, 6.45) is 2.69. The number of benzene rings is 1. The molecule has 1 fully saturated rings. The van der Waals surface area contributed by atoms with Crippen molar-refractivity contribution in [1.29, 1.82) is 0 Å². The summed E-state index contributed by atoms with van der Waals surface area (Å²) in [6.45, 7) is 4.35. The zero-order valence-corrected chi connectivity index (χ0v) is 18.2. The maximum atomic E-state index is 12.0. The second-order valence-electron chi connectivity index (χ2n) is 8.29. The van der Waals surface area contributed by atoms with Gasteiger partial charge in [0.1, 0.15) is 0 Å². The maximum absolute atomic E-state index is 12.0. The van der Waals surface area contributed by atoms with Crippen molar-refractivity contribution in [3.63, 3.8) is 0 Å². The van der Waals surface area contributed by atoms with E-state index in [1.54, 1.807) is 6.08 Å². The molecule has 2 heterocycles. The van der Waals surface area contributed by atoms with E-state index in [9.17, 15) is 14.7 Å². The second-order valence-corrected chi connectivity index (χ2v) is 9.11. The Morgan fingerprint density at radius 1 is 1.26 bits per heavy atom. The molecule has 1 aliphatic carbocycles. The monoisotopic (exact) mass is 466 g/mol. The highest BCUT2D eigenvalue weighted by Gasteiger charge is 2.40. The number of H-pyrrole nitrogens is 1. The van der Waals surface area contributed by atoms with E-state index >= 15 is 0 Å². The highest BCUT2D eigenvalue weighted by Crippen LogP contribution is 2.49. The maximum Gasteiger partial charge on any atom is 0.349 e. The molecule has 164 valence electrons. The van der Waals surface area contributed by atoms with E-state index < -0.39 is 17.5 Å². The second kappa shape index (κ2) is 7.70. The fourth-order valence-electron chi connectivity index (χ4n) is 3.81. The van der Waals surface area contributed by atoms with Crippen LogP contribution in [-0.2, 0) is 0 Å². The zero-order chi connectivity index (χ0) is 22.5. The summed E-state index contributed by atoms with van der Waals surface area (Å²) >= 11 is 12.7. The van der Waals surface area contributed by atoms with Crippen LogP contribution in [0.2, 0.25) is 10.0 Å². The number of hydrogen-bond donors (Lipinski definition) is 4. The highest BCUT2D eigenvalue weighted by atomic mass is 35.5. The van der Waals surface area contributed by atoms with Gasteiger partial charge >= 0.3 is 5.69 Å². The molecule has 1 aliphatic heterocycles. The number of rotatable bonds is 3. The molecule has 5 N–H and O–H groups in total. The molecular formula is C19H20Cl2N6O4. The van der Waals surface area contributed by atoms with Crippen LogP contribution < -0.4 is 27.1 Å². The van der Waals surface area contributed by atoms with Crippen LogP contribution in [0, 0.1) is 11.3 Å². The van der Waals surface area contributed by atoms with Crippen LogP contribution in [0.4, 0.5) is 5.82 Å². The number of nitrogens with one attached hydrogen (secondary N) is 2. The van der Waals surface area contributed by atoms with Crippen molar-refractivity contribution in [2.45, 2.75) is 32.9 Å². The smallest absolute Gasteiger partial charge is 0.349 e. The fraction of sp³-hybridized carbons (Fsp3) is 0.368. The standard InChI is InChI=1S/C19H20Cl2N6O4/c1-19(2)6-8(7-19)10-5-13(24-25-16(10)28)31-14-11(20)3-9(4-12(14)21)27-18(30)23-17(29)15(22)26-27/h3-5,8,16,25,28H,6-7H2,1-2H3,(H2,22,26)(H,23,29,30). The third-order valence-electron chi connectivity index (χ3n) is 5.26. The molecule has 0 bridgehead atoms. The van der Waals surface area contributed by atoms with Gasteiger partial charge in [0.05, 0.1) is 15.7 Å². The minimum absolute atomic E-state index is 0.0783. The predicted octanol–water partition coefficient (Wildman–Crippen LogP) is 1.79. The van der Waals surface area contributed by atoms with Crippen molar-refractivity contribution in [3.05, 3.63) is 54.7 Å². The molecule has 0 saturated heterocycles. The first-order valence-electron chi connectivity index (χ1n) is 9.43. The largest absolute Gasteiger partial charge is 0.434 e. The lowest BCUT2D eigenvalue weighted by molar-refractivity contribution is 0.0819. The van der Waals surface area contributed by atoms with E-state index in [1.807, 2.05) is 4.98 Å². The summed E-state index contributed by atoms with van der Waals surface area (Å²) in [4.78, 5) is 25.5. The van der Waals surface area contributed by atoms with Crippen LogP contribution in [-0.4, -0.2) is 32.0 Å². The Morgan fingerprint density at radius 2 is 1.90 bits per heavy atom. The number of halogens is 2. The SMILES string of the molecule is CC1(C)CC(C2=CC(Oc3c(Cl)cc(-n4nc(N)c(=O)[nH]c4=O)cc3Cl)=NNC2O)C1. The van der Waals surface area contributed by atoms with E-state index in [0.29, 0.717) is 0 Å². The van der Waals surface area contributed by atoms with E-state index in [4.69, 9.17) is 33.7 Å². The summed E-state index contributed by atoms with van der Waals surface area (Å²) in [6, 6.07) is 2.78. The van der Waals surface area contributed by atoms with Crippen molar-refractivity contribution in [1.82, 2.24) is 20.2 Å². The third-order valence-corrected chi connectivity index (χ3v) is 5.82. The number of aromatic amines is 1. The van der Waals surface area contributed by atoms with Gasteiger partial charge in [0.15, 0.2) is 12.0 Å². The van der Waals surface area contributed by atoms with Crippen molar-refractivity contribution < 1.29 is 9.84 Å². The summed E-state index contributed by atoms with van der Waals surface area (Å²) < 4.78 is 6.64. The number of hydrogen-bond acceptors (Lipinski definition) is 8. The highest BCUT2D eigenvalue weighted by molar-refractivity contribution is 6.37. The molecule has 31 heavy (non-hydrogen) atoms. The molecule has 10 nitrogen and oxygen atoms in total. The molecule has 1 unspecified atom stereocenters. The Kier molecular flexibility index (Phi) is 5.32. The van der Waals surface area contributed by atoms with Gasteiger partial charge in [-0.15, -0.1) is 10.2 Å². The van der Waals surface area contributed by atoms with E-state index in [-0.39, 0.29) is 44.5 Å². The van der Waals surface area contributed by atoms with Crippen molar-refractivity contribution in [3.8, 4) is 11.4 Å². The summed E-state index contributed by atoms with van der Waals surface area (Å²) in [5.41, 5.74) is 7.73. The van der Waals surface area contributed by atoms with E-state index in [0.717, 1.165) is 23.1 Å². The van der Waals surface area contributed by atoms with Gasteiger partial charge in [-0.25, -0.2) is 4.79 Å². The normalized spacial score (nSPS) is 20.4. The summed E-state index contributed by atoms with van der Waals surface area (Å²) in [7, 11) is 0. The van der Waals surface area contributed by atoms with E-state index in [1.165, 1.54) is 12.1 Å². The molecule has 0 spiro atoms. The quantitative estimate of drug-likeness (QED) is 0.538. The Bertz CT molecular complexity index is 1200. The number of nitrogens with zero attached hydrogens (tertiary/aromatic N) is 3. The number of nitrogen functional groups attached to an aromatic ring is 1. The van der Waals surface area contributed by atoms with Gasteiger partial charge in [-0.3, -0.25) is 15.2 Å². The summed E-state index contributed by atoms with van der Waals surface area (Å²) in [5, 5.41) is 18.1. The fourth-order valence-corrected chi connectivity index (χ4v) is 4.37. The number of anilines is 1. The van der Waals surface area contributed by atoms with Crippen molar-refractivity contribution in [2.24, 2.45) is 16.4 Å². The Labute approximate surface area is 186 Å². The average molecular weight is 467 g/mol. The molecule has 1 atom stereocenters. The molecular weight excluding hydrogens is 447 g/mol. The Balaban J connectivity index is 1.61. The number of aromatic nitrogens is 3. The average Bonchev–Trinajstić information content (AvgIpc) is 2.66. The Morgan fingerprint density at radius 3 is 2.52 bits per heavy atom. The minimum atomic E-state index is -0.884. The first-order valence-corrected chi connectivity index (χ1v) is 10.2. The first kappa shape index (κ1) is 21.4. The molecule has 1 aromatic heterocycles. The number of ether oxygens (including phenoxy) is 1. The van der Waals surface area contributed by atoms with Gasteiger partial charge in [0.2, 0.25) is 11.7 Å². The van der Waals surface area contributed by atoms with Gasteiger partial charge in [0.25, 0.3) is 5.56 Å². The van der Waals surface area contributed by atoms with Gasteiger partial charge < -0.3 is 15.6 Å². The van der Waals surface area contributed by atoms with Crippen LogP contribution in [0.25, 0.3) is 5.69 Å². The van der Waals surface area contributed by atoms with Crippen LogP contribution >= 0.6 is 23.2 Å². The lowest BCUT2D eigenvalue weighted by atomic mass is 9.61. The molecule has 4 rings (SSSR count). The van der Waals surface area contributed by atoms with Gasteiger partial charge in [0, 0.05) is 6.08 Å². The molecule has 1 aromatic carbocycles. The van der Waals surface area contributed by atoms with Gasteiger partial charge in [-0.2, -0.15) is 4.68 Å². The van der Waals surface area contributed by atoms with E-state index in [2.05, 4.69) is 29.5 Å². The van der Waals surface area contributed by atoms with Crippen molar-refractivity contribution >= 4 is 34.9 Å².